The molecule has 25 heavy (non-hydrogen) atoms. The number of hydrogen-bond acceptors (Lipinski definition) is 5. The number of amides is 1. The van der Waals surface area contributed by atoms with Crippen LogP contribution in [0.5, 0.6) is 11.5 Å². The first kappa shape index (κ1) is 16.3. The Balaban J connectivity index is 1.69. The van der Waals surface area contributed by atoms with Crippen molar-refractivity contribution < 1.29 is 14.3 Å². The minimum absolute atomic E-state index is 0.00340. The van der Waals surface area contributed by atoms with Crippen molar-refractivity contribution in [2.24, 2.45) is 5.92 Å². The predicted molar refractivity (Wildman–Crippen MR) is 98.9 cm³/mol. The number of thiophene rings is 1. The monoisotopic (exact) mass is 358 g/mol. The van der Waals surface area contributed by atoms with Crippen LogP contribution in [0.1, 0.15) is 45.9 Å². The fourth-order valence-corrected chi connectivity index (χ4v) is 5.11. The topological polar surface area (TPSA) is 59.6 Å². The van der Waals surface area contributed by atoms with Gasteiger partial charge in [0.1, 0.15) is 22.7 Å². The minimum Gasteiger partial charge on any atom is -0.497 e. The summed E-state index contributed by atoms with van der Waals surface area (Å²) in [5, 5.41) is 7.56. The Bertz CT molecular complexity index is 830. The first-order valence-corrected chi connectivity index (χ1v) is 9.36. The van der Waals surface area contributed by atoms with Crippen LogP contribution >= 0.6 is 11.3 Å². The molecule has 2 atom stereocenters. The highest BCUT2D eigenvalue weighted by atomic mass is 32.1. The standard InChI is InChI=1S/C19H22N2O3S/c1-10-4-6-13-15(8-10)25-19-16(13)18(22)20-17(21-19)12-7-5-11(23-2)9-14(12)24-3/h5,7,9-10,17,21H,4,6,8H2,1-3H3,(H,20,22)/t10-,17-/m0/s1. The van der Waals surface area contributed by atoms with Crippen molar-refractivity contribution in [2.45, 2.75) is 32.4 Å². The van der Waals surface area contributed by atoms with Crippen LogP contribution in [0.25, 0.3) is 0 Å². The lowest BCUT2D eigenvalue weighted by Crippen LogP contribution is -2.38. The molecule has 132 valence electrons. The van der Waals surface area contributed by atoms with E-state index in [1.807, 2.05) is 18.2 Å². The quantitative estimate of drug-likeness (QED) is 0.877. The van der Waals surface area contributed by atoms with Gasteiger partial charge in [0.2, 0.25) is 0 Å². The van der Waals surface area contributed by atoms with E-state index in [0.717, 1.165) is 41.1 Å². The Labute approximate surface area is 151 Å². The SMILES string of the molecule is COc1ccc([C@H]2NC(=O)c3c(sc4c3CC[C@H](C)C4)N2)c(OC)c1. The van der Waals surface area contributed by atoms with Gasteiger partial charge in [-0.3, -0.25) is 4.79 Å². The molecule has 1 aliphatic carbocycles. The van der Waals surface area contributed by atoms with Crippen LogP contribution in [0.15, 0.2) is 18.2 Å². The number of nitrogens with one attached hydrogen (secondary N) is 2. The molecular formula is C19H22N2O3S. The zero-order chi connectivity index (χ0) is 17.6. The van der Waals surface area contributed by atoms with Gasteiger partial charge >= 0.3 is 0 Å². The average molecular weight is 358 g/mol. The second-order valence-corrected chi connectivity index (χ2v) is 7.82. The van der Waals surface area contributed by atoms with E-state index in [2.05, 4.69) is 17.6 Å². The molecule has 5 nitrogen and oxygen atoms in total. The van der Waals surface area contributed by atoms with Gasteiger partial charge in [-0.25, -0.2) is 0 Å². The van der Waals surface area contributed by atoms with Crippen LogP contribution in [0.4, 0.5) is 5.00 Å². The summed E-state index contributed by atoms with van der Waals surface area (Å²) in [4.78, 5) is 14.2. The maximum Gasteiger partial charge on any atom is 0.256 e. The van der Waals surface area contributed by atoms with Crippen molar-refractivity contribution in [3.8, 4) is 11.5 Å². The fourth-order valence-electron chi connectivity index (χ4n) is 3.68. The maximum atomic E-state index is 12.8. The van der Waals surface area contributed by atoms with E-state index >= 15 is 0 Å². The molecule has 4 rings (SSSR count). The van der Waals surface area contributed by atoms with Gasteiger partial charge in [0.25, 0.3) is 5.91 Å². The van der Waals surface area contributed by atoms with Crippen molar-refractivity contribution in [1.29, 1.82) is 0 Å². The molecule has 0 fully saturated rings. The Morgan fingerprint density at radius 1 is 1.20 bits per heavy atom. The zero-order valence-electron chi connectivity index (χ0n) is 14.6. The number of carbonyl (C=O) groups excluding carboxylic acids is 1. The number of methoxy groups -OCH3 is 2. The van der Waals surface area contributed by atoms with E-state index in [1.54, 1.807) is 25.6 Å². The molecular weight excluding hydrogens is 336 g/mol. The lowest BCUT2D eigenvalue weighted by molar-refractivity contribution is 0.0934. The fraction of sp³-hybridized carbons (Fsp3) is 0.421. The normalized spacial score (nSPS) is 21.6. The molecule has 0 saturated heterocycles. The van der Waals surface area contributed by atoms with Crippen molar-refractivity contribution >= 4 is 22.2 Å². The molecule has 0 radical (unpaired) electrons. The van der Waals surface area contributed by atoms with Crippen LogP contribution in [0, 0.1) is 5.92 Å². The first-order chi connectivity index (χ1) is 12.1. The third-order valence-electron chi connectivity index (χ3n) is 5.04. The van der Waals surface area contributed by atoms with Gasteiger partial charge in [0.15, 0.2) is 0 Å². The van der Waals surface area contributed by atoms with Gasteiger partial charge < -0.3 is 20.1 Å². The molecule has 2 N–H and O–H groups in total. The third kappa shape index (κ3) is 2.74. The summed E-state index contributed by atoms with van der Waals surface area (Å²) >= 11 is 1.73. The number of anilines is 1. The zero-order valence-corrected chi connectivity index (χ0v) is 15.5. The summed E-state index contributed by atoms with van der Waals surface area (Å²) in [6, 6.07) is 5.64. The minimum atomic E-state index is -0.307. The molecule has 1 amide bonds. The molecule has 6 heteroatoms. The number of hydrogen-bond donors (Lipinski definition) is 2. The number of benzene rings is 1. The van der Waals surface area contributed by atoms with E-state index in [1.165, 1.54) is 10.4 Å². The van der Waals surface area contributed by atoms with E-state index in [0.29, 0.717) is 11.7 Å². The number of ether oxygens (including phenoxy) is 2. The smallest absolute Gasteiger partial charge is 0.256 e. The molecule has 0 spiro atoms. The van der Waals surface area contributed by atoms with E-state index in [-0.39, 0.29) is 12.1 Å². The Morgan fingerprint density at radius 3 is 2.80 bits per heavy atom. The summed E-state index contributed by atoms with van der Waals surface area (Å²) < 4.78 is 10.7. The summed E-state index contributed by atoms with van der Waals surface area (Å²) in [5.74, 6) is 2.11. The largest absolute Gasteiger partial charge is 0.497 e. The van der Waals surface area contributed by atoms with Crippen LogP contribution in [0.2, 0.25) is 0 Å². The summed E-state index contributed by atoms with van der Waals surface area (Å²) in [6.45, 7) is 2.28. The predicted octanol–water partition coefficient (Wildman–Crippen LogP) is 3.74. The van der Waals surface area contributed by atoms with Gasteiger partial charge in [0, 0.05) is 16.5 Å². The van der Waals surface area contributed by atoms with Gasteiger partial charge in [-0.1, -0.05) is 6.92 Å². The first-order valence-electron chi connectivity index (χ1n) is 8.54. The van der Waals surface area contributed by atoms with Crippen molar-refractivity contribution in [2.75, 3.05) is 19.5 Å². The molecule has 1 aromatic carbocycles. The van der Waals surface area contributed by atoms with Crippen molar-refractivity contribution in [1.82, 2.24) is 5.32 Å². The highest BCUT2D eigenvalue weighted by Gasteiger charge is 2.33. The molecule has 0 saturated carbocycles. The Hall–Kier alpha value is -2.21. The van der Waals surface area contributed by atoms with Gasteiger partial charge in [-0.2, -0.15) is 0 Å². The van der Waals surface area contributed by atoms with E-state index in [4.69, 9.17) is 9.47 Å². The average Bonchev–Trinajstić information content (AvgIpc) is 2.98. The maximum absolute atomic E-state index is 12.8. The van der Waals surface area contributed by atoms with Crippen LogP contribution in [-0.4, -0.2) is 20.1 Å². The van der Waals surface area contributed by atoms with E-state index < -0.39 is 0 Å². The number of carbonyl (C=O) groups is 1. The van der Waals surface area contributed by atoms with Crippen LogP contribution in [-0.2, 0) is 12.8 Å². The summed E-state index contributed by atoms with van der Waals surface area (Å²) in [7, 11) is 3.25. The highest BCUT2D eigenvalue weighted by Crippen LogP contribution is 2.43. The molecule has 2 aliphatic rings. The molecule has 1 aliphatic heterocycles. The lowest BCUT2D eigenvalue weighted by Gasteiger charge is -2.28. The molecule has 0 unspecified atom stereocenters. The molecule has 2 aromatic rings. The molecule has 0 bridgehead atoms. The number of rotatable bonds is 3. The van der Waals surface area contributed by atoms with Gasteiger partial charge in [-0.05, 0) is 42.9 Å². The molecule has 2 heterocycles. The van der Waals surface area contributed by atoms with E-state index in [9.17, 15) is 4.79 Å². The molecule has 1 aromatic heterocycles. The summed E-state index contributed by atoms with van der Waals surface area (Å²) in [5.41, 5.74) is 2.97. The lowest BCUT2D eigenvalue weighted by atomic mass is 9.88. The van der Waals surface area contributed by atoms with Crippen LogP contribution in [0.3, 0.4) is 0 Å². The van der Waals surface area contributed by atoms with Crippen molar-refractivity contribution in [3.63, 3.8) is 0 Å². The third-order valence-corrected chi connectivity index (χ3v) is 6.23. The highest BCUT2D eigenvalue weighted by molar-refractivity contribution is 7.16. The van der Waals surface area contributed by atoms with Gasteiger partial charge in [-0.15, -0.1) is 11.3 Å². The summed E-state index contributed by atoms with van der Waals surface area (Å²) in [6.07, 6.45) is 2.91. The second kappa shape index (κ2) is 6.26. The van der Waals surface area contributed by atoms with Gasteiger partial charge in [0.05, 0.1) is 19.8 Å². The van der Waals surface area contributed by atoms with Crippen LogP contribution < -0.4 is 20.1 Å². The second-order valence-electron chi connectivity index (χ2n) is 6.71. The Morgan fingerprint density at radius 2 is 2.04 bits per heavy atom. The van der Waals surface area contributed by atoms with Crippen molar-refractivity contribution in [3.05, 3.63) is 39.8 Å². The Kier molecular flexibility index (Phi) is 4.07. The number of fused-ring (bicyclic) bond motifs is 3.